The second-order valence-corrected chi connectivity index (χ2v) is 13.0. The van der Waals surface area contributed by atoms with Crippen molar-refractivity contribution in [3.8, 4) is 0 Å². The molecular weight excluding hydrogens is 559 g/mol. The lowest BCUT2D eigenvalue weighted by Gasteiger charge is -2.20. The molecule has 3 unspecified atom stereocenters. The Kier molecular flexibility index (Phi) is 30.1. The van der Waals surface area contributed by atoms with Crippen LogP contribution in [0.1, 0.15) is 155 Å². The minimum Gasteiger partial charge on any atom is -0.457 e. The van der Waals surface area contributed by atoms with Gasteiger partial charge in [0, 0.05) is 13.0 Å². The zero-order valence-electron chi connectivity index (χ0n) is 27.0. The summed E-state index contributed by atoms with van der Waals surface area (Å²) in [6, 6.07) is 0. The Morgan fingerprint density at radius 3 is 1.55 bits per heavy atom. The van der Waals surface area contributed by atoms with E-state index in [9.17, 15) is 19.4 Å². The van der Waals surface area contributed by atoms with Gasteiger partial charge in [-0.3, -0.25) is 13.8 Å². The van der Waals surface area contributed by atoms with Crippen molar-refractivity contribution in [3.05, 3.63) is 0 Å². The molecule has 3 atom stereocenters. The lowest BCUT2D eigenvalue weighted by molar-refractivity contribution is -0.154. The number of esters is 1. The van der Waals surface area contributed by atoms with Crippen LogP contribution in [0.2, 0.25) is 0 Å². The molecule has 0 aliphatic rings. The number of carbonyl (C=O) groups is 1. The fraction of sp³-hybridized carbons (Fsp3) is 0.969. The molecule has 0 bridgehead atoms. The highest BCUT2D eigenvalue weighted by atomic mass is 31.2. The first-order valence-corrected chi connectivity index (χ1v) is 18.5. The monoisotopic (exact) mass is 624 g/mol. The molecule has 0 aromatic carbocycles. The van der Waals surface area contributed by atoms with Gasteiger partial charge < -0.3 is 24.6 Å². The summed E-state index contributed by atoms with van der Waals surface area (Å²) in [4.78, 5) is 22.3. The van der Waals surface area contributed by atoms with Crippen molar-refractivity contribution in [2.24, 2.45) is 0 Å². The maximum Gasteiger partial charge on any atom is 0.472 e. The van der Waals surface area contributed by atoms with Crippen molar-refractivity contribution in [1.82, 2.24) is 0 Å². The van der Waals surface area contributed by atoms with E-state index in [0.717, 1.165) is 32.1 Å². The number of phosphoric ester groups is 1. The van der Waals surface area contributed by atoms with Crippen molar-refractivity contribution in [2.75, 3.05) is 33.0 Å². The number of unbranched alkanes of at least 4 members (excludes halogenated alkanes) is 19. The number of ether oxygens (including phenoxy) is 2. The second-order valence-electron chi connectivity index (χ2n) is 11.6. The van der Waals surface area contributed by atoms with Crippen molar-refractivity contribution < 1.29 is 43.0 Å². The third kappa shape index (κ3) is 29.5. The molecule has 3 N–H and O–H groups in total. The van der Waals surface area contributed by atoms with Gasteiger partial charge in [-0.25, -0.2) is 4.57 Å². The van der Waals surface area contributed by atoms with Gasteiger partial charge >= 0.3 is 13.8 Å². The average molecular weight is 625 g/mol. The smallest absolute Gasteiger partial charge is 0.457 e. The first-order valence-electron chi connectivity index (χ1n) is 17.0. The largest absolute Gasteiger partial charge is 0.472 e. The summed E-state index contributed by atoms with van der Waals surface area (Å²) in [5.74, 6) is -0.383. The molecule has 0 aliphatic carbocycles. The molecule has 0 radical (unpaired) electrons. The van der Waals surface area contributed by atoms with Crippen molar-refractivity contribution in [1.29, 1.82) is 0 Å². The maximum absolute atomic E-state index is 12.5. The number of aliphatic hydroxyl groups excluding tert-OH is 2. The fourth-order valence-electron chi connectivity index (χ4n) is 4.65. The van der Waals surface area contributed by atoms with Crippen LogP contribution in [0.25, 0.3) is 0 Å². The standard InChI is InChI=1S/C32H65O9P/c1-3-5-7-9-11-13-14-15-16-17-18-20-22-24-32(35)41-31(29-40-42(36,37)39-27-30(34)26-33)28-38-25-23-21-19-12-10-8-6-4-2/h30-31,33-34H,3-29H2,1-2H3,(H,36,37). The summed E-state index contributed by atoms with van der Waals surface area (Å²) in [6.45, 7) is 3.49. The van der Waals surface area contributed by atoms with Crippen LogP contribution >= 0.6 is 7.82 Å². The summed E-state index contributed by atoms with van der Waals surface area (Å²) in [7, 11) is -4.49. The molecular formula is C32H65O9P. The van der Waals surface area contributed by atoms with Gasteiger partial charge in [0.2, 0.25) is 0 Å². The average Bonchev–Trinajstić information content (AvgIpc) is 2.97. The molecule has 252 valence electrons. The predicted octanol–water partition coefficient (Wildman–Crippen LogP) is 8.02. The van der Waals surface area contributed by atoms with Crippen LogP contribution < -0.4 is 0 Å². The Morgan fingerprint density at radius 1 is 0.643 bits per heavy atom. The highest BCUT2D eigenvalue weighted by Crippen LogP contribution is 2.43. The van der Waals surface area contributed by atoms with Crippen molar-refractivity contribution in [2.45, 2.75) is 167 Å². The van der Waals surface area contributed by atoms with E-state index in [-0.39, 0.29) is 25.6 Å². The van der Waals surface area contributed by atoms with E-state index in [0.29, 0.717) is 6.61 Å². The summed E-state index contributed by atoms with van der Waals surface area (Å²) in [6.07, 6.45) is 23.5. The normalized spacial score (nSPS) is 14.5. The Balaban J connectivity index is 4.23. The molecule has 0 aromatic heterocycles. The molecule has 0 aromatic rings. The van der Waals surface area contributed by atoms with Crippen LogP contribution in [-0.4, -0.2) is 66.3 Å². The number of phosphoric acid groups is 1. The molecule has 0 saturated carbocycles. The summed E-state index contributed by atoms with van der Waals surface area (Å²) >= 11 is 0. The number of carbonyl (C=O) groups excluding carboxylic acids is 1. The van der Waals surface area contributed by atoms with E-state index in [4.69, 9.17) is 23.6 Å². The third-order valence-electron chi connectivity index (χ3n) is 7.29. The van der Waals surface area contributed by atoms with Crippen LogP contribution in [0.15, 0.2) is 0 Å². The van der Waals surface area contributed by atoms with Crippen molar-refractivity contribution >= 4 is 13.8 Å². The molecule has 0 amide bonds. The van der Waals surface area contributed by atoms with Crippen LogP contribution in [0, 0.1) is 0 Å². The van der Waals surface area contributed by atoms with Gasteiger partial charge in [-0.15, -0.1) is 0 Å². The highest BCUT2D eigenvalue weighted by Gasteiger charge is 2.26. The SMILES string of the molecule is CCCCCCCCCCCCCCCC(=O)OC(COCCCCCCCCCC)COP(=O)(O)OCC(O)CO. The van der Waals surface area contributed by atoms with Gasteiger partial charge in [0.05, 0.1) is 26.4 Å². The fourth-order valence-corrected chi connectivity index (χ4v) is 5.44. The molecule has 0 rings (SSSR count). The maximum atomic E-state index is 12.5. The first-order chi connectivity index (χ1) is 20.3. The second kappa shape index (κ2) is 30.5. The zero-order chi connectivity index (χ0) is 31.2. The topological polar surface area (TPSA) is 132 Å². The van der Waals surface area contributed by atoms with Gasteiger partial charge in [0.25, 0.3) is 0 Å². The molecule has 0 heterocycles. The van der Waals surface area contributed by atoms with E-state index in [1.54, 1.807) is 0 Å². The van der Waals surface area contributed by atoms with E-state index < -0.39 is 33.2 Å². The third-order valence-corrected chi connectivity index (χ3v) is 8.24. The molecule has 10 heteroatoms. The summed E-state index contributed by atoms with van der Waals surface area (Å²) < 4.78 is 33.0. The Hall–Kier alpha value is -0.540. The quantitative estimate of drug-likeness (QED) is 0.0377. The lowest BCUT2D eigenvalue weighted by atomic mass is 10.0. The lowest BCUT2D eigenvalue weighted by Crippen LogP contribution is -2.29. The van der Waals surface area contributed by atoms with Crippen LogP contribution in [0.5, 0.6) is 0 Å². The van der Waals surface area contributed by atoms with Gasteiger partial charge in [-0.2, -0.15) is 0 Å². The van der Waals surface area contributed by atoms with E-state index in [1.807, 2.05) is 0 Å². The first kappa shape index (κ1) is 41.5. The number of aliphatic hydroxyl groups is 2. The van der Waals surface area contributed by atoms with Gasteiger partial charge in [-0.1, -0.05) is 136 Å². The van der Waals surface area contributed by atoms with Crippen LogP contribution in [0.3, 0.4) is 0 Å². The molecule has 42 heavy (non-hydrogen) atoms. The van der Waals surface area contributed by atoms with E-state index in [1.165, 1.54) is 103 Å². The van der Waals surface area contributed by atoms with Gasteiger partial charge in [0.15, 0.2) is 0 Å². The summed E-state index contributed by atoms with van der Waals surface area (Å²) in [5, 5.41) is 18.2. The highest BCUT2D eigenvalue weighted by molar-refractivity contribution is 7.47. The minimum atomic E-state index is -4.49. The molecule has 0 saturated heterocycles. The molecule has 9 nitrogen and oxygen atoms in total. The number of hydrogen-bond donors (Lipinski definition) is 3. The van der Waals surface area contributed by atoms with E-state index >= 15 is 0 Å². The van der Waals surface area contributed by atoms with E-state index in [2.05, 4.69) is 13.8 Å². The van der Waals surface area contributed by atoms with Gasteiger partial charge in [0.1, 0.15) is 12.2 Å². The van der Waals surface area contributed by atoms with Gasteiger partial charge in [-0.05, 0) is 12.8 Å². The summed E-state index contributed by atoms with van der Waals surface area (Å²) in [5.41, 5.74) is 0. The Morgan fingerprint density at radius 2 is 1.07 bits per heavy atom. The molecule has 0 fully saturated rings. The Labute approximate surface area is 257 Å². The molecule has 0 spiro atoms. The number of hydrogen-bond acceptors (Lipinski definition) is 8. The van der Waals surface area contributed by atoms with Crippen molar-refractivity contribution in [3.63, 3.8) is 0 Å². The van der Waals surface area contributed by atoms with Crippen LogP contribution in [0.4, 0.5) is 0 Å². The number of rotatable bonds is 33. The Bertz CT molecular complexity index is 635. The minimum absolute atomic E-state index is 0.0557. The molecule has 0 aliphatic heterocycles. The predicted molar refractivity (Wildman–Crippen MR) is 168 cm³/mol. The van der Waals surface area contributed by atoms with Crippen LogP contribution in [-0.2, 0) is 27.9 Å². The zero-order valence-corrected chi connectivity index (χ0v) is 27.9.